The Balaban J connectivity index is 1.88. The average molecular weight is 221 g/mol. The van der Waals surface area contributed by atoms with Gasteiger partial charge in [0.2, 0.25) is 0 Å². The van der Waals surface area contributed by atoms with Crippen molar-refractivity contribution < 1.29 is 0 Å². The zero-order valence-electron chi connectivity index (χ0n) is 10.4. The minimum atomic E-state index is 0.864. The molecule has 90 valence electrons. The maximum Gasteiger partial charge on any atom is 0.0521 e. The first-order valence-corrected chi connectivity index (χ1v) is 6.48. The van der Waals surface area contributed by atoms with E-state index in [2.05, 4.69) is 23.5 Å². The van der Waals surface area contributed by atoms with Crippen molar-refractivity contribution in [1.82, 2.24) is 15.1 Å². The molecule has 2 atom stereocenters. The third-order valence-corrected chi connectivity index (χ3v) is 3.73. The predicted octanol–water partition coefficient (Wildman–Crippen LogP) is 1.99. The van der Waals surface area contributed by atoms with E-state index in [1.165, 1.54) is 37.8 Å². The van der Waals surface area contributed by atoms with Gasteiger partial charge in [0.15, 0.2) is 0 Å². The Hall–Kier alpha value is -0.830. The molecule has 0 aromatic carbocycles. The lowest BCUT2D eigenvalue weighted by molar-refractivity contribution is 0.368. The maximum atomic E-state index is 4.25. The van der Waals surface area contributed by atoms with E-state index in [4.69, 9.17) is 0 Å². The van der Waals surface area contributed by atoms with Crippen LogP contribution in [0.5, 0.6) is 0 Å². The summed E-state index contributed by atoms with van der Waals surface area (Å²) >= 11 is 0. The molecule has 0 spiro atoms. The average Bonchev–Trinajstić information content (AvgIpc) is 2.86. The molecule has 2 rings (SSSR count). The SMILES string of the molecule is CCNCC1CCCC1Cc1cnn(C)c1. The molecular formula is C13H23N3. The molecule has 3 nitrogen and oxygen atoms in total. The summed E-state index contributed by atoms with van der Waals surface area (Å²) in [5, 5.41) is 7.74. The lowest BCUT2D eigenvalue weighted by Gasteiger charge is -2.19. The predicted molar refractivity (Wildman–Crippen MR) is 66.3 cm³/mol. The third-order valence-electron chi connectivity index (χ3n) is 3.73. The van der Waals surface area contributed by atoms with Crippen molar-refractivity contribution in [3.05, 3.63) is 18.0 Å². The second-order valence-electron chi connectivity index (χ2n) is 4.99. The van der Waals surface area contributed by atoms with E-state index in [9.17, 15) is 0 Å². The minimum absolute atomic E-state index is 0.864. The van der Waals surface area contributed by atoms with E-state index in [-0.39, 0.29) is 0 Å². The molecule has 1 heterocycles. The van der Waals surface area contributed by atoms with Gasteiger partial charge in [-0.05, 0) is 49.8 Å². The molecular weight excluding hydrogens is 198 g/mol. The van der Waals surface area contributed by atoms with Gasteiger partial charge in [0.25, 0.3) is 0 Å². The number of nitrogens with one attached hydrogen (secondary N) is 1. The molecule has 1 aromatic heterocycles. The Labute approximate surface area is 98.2 Å². The van der Waals surface area contributed by atoms with Crippen molar-refractivity contribution in [3.63, 3.8) is 0 Å². The third kappa shape index (κ3) is 2.85. The summed E-state index contributed by atoms with van der Waals surface area (Å²) in [6, 6.07) is 0. The molecule has 2 unspecified atom stereocenters. The summed E-state index contributed by atoms with van der Waals surface area (Å²) in [5.74, 6) is 1.74. The molecule has 1 N–H and O–H groups in total. The number of aryl methyl sites for hydroxylation is 1. The lowest BCUT2D eigenvalue weighted by atomic mass is 9.90. The van der Waals surface area contributed by atoms with Crippen LogP contribution in [-0.4, -0.2) is 22.9 Å². The van der Waals surface area contributed by atoms with Crippen LogP contribution < -0.4 is 5.32 Å². The summed E-state index contributed by atoms with van der Waals surface area (Å²) in [7, 11) is 1.99. The molecule has 0 radical (unpaired) electrons. The molecule has 3 heteroatoms. The van der Waals surface area contributed by atoms with Crippen molar-refractivity contribution in [3.8, 4) is 0 Å². The van der Waals surface area contributed by atoms with E-state index >= 15 is 0 Å². The summed E-state index contributed by atoms with van der Waals surface area (Å²) in [6.45, 7) is 4.47. The Morgan fingerprint density at radius 3 is 2.94 bits per heavy atom. The zero-order valence-corrected chi connectivity index (χ0v) is 10.4. The normalized spacial score (nSPS) is 25.1. The molecule has 0 bridgehead atoms. The van der Waals surface area contributed by atoms with Crippen molar-refractivity contribution in [1.29, 1.82) is 0 Å². The van der Waals surface area contributed by atoms with Crippen molar-refractivity contribution >= 4 is 0 Å². The second-order valence-corrected chi connectivity index (χ2v) is 4.99. The van der Waals surface area contributed by atoms with Crippen molar-refractivity contribution in [2.24, 2.45) is 18.9 Å². The number of nitrogens with zero attached hydrogens (tertiary/aromatic N) is 2. The first kappa shape index (κ1) is 11.6. The van der Waals surface area contributed by atoms with E-state index in [1.807, 2.05) is 17.9 Å². The van der Waals surface area contributed by atoms with Crippen LogP contribution in [0.4, 0.5) is 0 Å². The number of hydrogen-bond acceptors (Lipinski definition) is 2. The molecule has 0 saturated heterocycles. The quantitative estimate of drug-likeness (QED) is 0.824. The first-order valence-electron chi connectivity index (χ1n) is 6.48. The second kappa shape index (κ2) is 5.48. The van der Waals surface area contributed by atoms with Crippen LogP contribution >= 0.6 is 0 Å². The van der Waals surface area contributed by atoms with Crippen molar-refractivity contribution in [2.45, 2.75) is 32.6 Å². The Morgan fingerprint density at radius 2 is 2.25 bits per heavy atom. The van der Waals surface area contributed by atoms with Gasteiger partial charge in [-0.2, -0.15) is 5.10 Å². The molecule has 1 aromatic rings. The van der Waals surface area contributed by atoms with Crippen LogP contribution in [0.2, 0.25) is 0 Å². The van der Waals surface area contributed by atoms with Crippen molar-refractivity contribution in [2.75, 3.05) is 13.1 Å². The van der Waals surface area contributed by atoms with Crippen LogP contribution in [-0.2, 0) is 13.5 Å². The van der Waals surface area contributed by atoms with Gasteiger partial charge in [0.05, 0.1) is 6.20 Å². The smallest absolute Gasteiger partial charge is 0.0521 e. The molecule has 1 aliphatic carbocycles. The Morgan fingerprint density at radius 1 is 1.44 bits per heavy atom. The minimum Gasteiger partial charge on any atom is -0.317 e. The Kier molecular flexibility index (Phi) is 3.99. The van der Waals surface area contributed by atoms with E-state index in [0.29, 0.717) is 0 Å². The highest BCUT2D eigenvalue weighted by Crippen LogP contribution is 2.33. The standard InChI is InChI=1S/C13H23N3/c1-3-14-9-13-6-4-5-12(13)7-11-8-15-16(2)10-11/h8,10,12-14H,3-7,9H2,1-2H3. The maximum absolute atomic E-state index is 4.25. The number of aromatic nitrogens is 2. The Bertz CT molecular complexity index is 319. The van der Waals surface area contributed by atoms with Crippen LogP contribution in [0, 0.1) is 11.8 Å². The van der Waals surface area contributed by atoms with E-state index in [1.54, 1.807) is 0 Å². The molecule has 1 fully saturated rings. The highest BCUT2D eigenvalue weighted by molar-refractivity contribution is 5.06. The van der Waals surface area contributed by atoms with Crippen LogP contribution in [0.1, 0.15) is 31.7 Å². The summed E-state index contributed by atoms with van der Waals surface area (Å²) in [4.78, 5) is 0. The molecule has 0 aliphatic heterocycles. The van der Waals surface area contributed by atoms with Gasteiger partial charge in [-0.1, -0.05) is 13.3 Å². The molecule has 0 amide bonds. The molecule has 16 heavy (non-hydrogen) atoms. The fraction of sp³-hybridized carbons (Fsp3) is 0.769. The number of hydrogen-bond donors (Lipinski definition) is 1. The van der Waals surface area contributed by atoms with Gasteiger partial charge in [0.1, 0.15) is 0 Å². The van der Waals surface area contributed by atoms with Gasteiger partial charge in [0, 0.05) is 13.2 Å². The fourth-order valence-electron chi connectivity index (χ4n) is 2.86. The van der Waals surface area contributed by atoms with Crippen LogP contribution in [0.3, 0.4) is 0 Å². The lowest BCUT2D eigenvalue weighted by Crippen LogP contribution is -2.25. The number of rotatable bonds is 5. The largest absolute Gasteiger partial charge is 0.317 e. The summed E-state index contributed by atoms with van der Waals surface area (Å²) in [5.41, 5.74) is 1.40. The summed E-state index contributed by atoms with van der Waals surface area (Å²) < 4.78 is 1.91. The van der Waals surface area contributed by atoms with Gasteiger partial charge in [-0.25, -0.2) is 0 Å². The highest BCUT2D eigenvalue weighted by atomic mass is 15.2. The van der Waals surface area contributed by atoms with E-state index < -0.39 is 0 Å². The molecule has 1 saturated carbocycles. The van der Waals surface area contributed by atoms with Gasteiger partial charge in [-0.15, -0.1) is 0 Å². The van der Waals surface area contributed by atoms with Gasteiger partial charge in [-0.3, -0.25) is 4.68 Å². The van der Waals surface area contributed by atoms with E-state index in [0.717, 1.165) is 18.4 Å². The topological polar surface area (TPSA) is 29.9 Å². The summed E-state index contributed by atoms with van der Waals surface area (Å²) in [6.07, 6.45) is 9.58. The molecule has 1 aliphatic rings. The highest BCUT2D eigenvalue weighted by Gasteiger charge is 2.26. The zero-order chi connectivity index (χ0) is 11.4. The monoisotopic (exact) mass is 221 g/mol. The first-order chi connectivity index (χ1) is 7.79. The van der Waals surface area contributed by atoms with Gasteiger partial charge < -0.3 is 5.32 Å². The van der Waals surface area contributed by atoms with Crippen LogP contribution in [0.15, 0.2) is 12.4 Å². The van der Waals surface area contributed by atoms with Crippen LogP contribution in [0.25, 0.3) is 0 Å². The van der Waals surface area contributed by atoms with Gasteiger partial charge >= 0.3 is 0 Å². The fourth-order valence-corrected chi connectivity index (χ4v) is 2.86.